The largest absolute Gasteiger partial charge is 0.491 e. The van der Waals surface area contributed by atoms with Gasteiger partial charge in [-0.05, 0) is 51.7 Å². The fourth-order valence-electron chi connectivity index (χ4n) is 2.69. The lowest BCUT2D eigenvalue weighted by Gasteiger charge is -2.33. The van der Waals surface area contributed by atoms with E-state index in [4.69, 9.17) is 20.0 Å². The van der Waals surface area contributed by atoms with Gasteiger partial charge in [0.05, 0.1) is 12.3 Å². The van der Waals surface area contributed by atoms with Crippen molar-refractivity contribution in [1.82, 2.24) is 4.90 Å². The van der Waals surface area contributed by atoms with E-state index in [1.807, 2.05) is 32.9 Å². The molecule has 8 heteroatoms. The van der Waals surface area contributed by atoms with Crippen LogP contribution in [0.5, 0.6) is 5.75 Å². The minimum absolute atomic E-state index is 0.260. The molecule has 1 N–H and O–H groups in total. The molecule has 1 saturated heterocycles. The summed E-state index contributed by atoms with van der Waals surface area (Å²) in [6, 6.07) is 10.6. The van der Waals surface area contributed by atoms with Gasteiger partial charge in [-0.15, -0.1) is 0 Å². The van der Waals surface area contributed by atoms with E-state index in [1.54, 1.807) is 29.2 Å². The topological polar surface area (TPSA) is 111 Å². The van der Waals surface area contributed by atoms with Gasteiger partial charge in [0.25, 0.3) is 0 Å². The zero-order valence-corrected chi connectivity index (χ0v) is 16.4. The van der Waals surface area contributed by atoms with Crippen molar-refractivity contribution in [2.75, 3.05) is 25.1 Å². The Kier molecular flexibility index (Phi) is 7.22. The third-order valence-corrected chi connectivity index (χ3v) is 4.13. The molecule has 28 heavy (non-hydrogen) atoms. The van der Waals surface area contributed by atoms with Crippen LogP contribution in [-0.4, -0.2) is 42.0 Å². The maximum Gasteiger partial charge on any atom is 0.410 e. The average Bonchev–Trinajstić information content (AvgIpc) is 2.67. The van der Waals surface area contributed by atoms with Crippen LogP contribution in [0.4, 0.5) is 10.5 Å². The first-order valence-corrected chi connectivity index (χ1v) is 9.16. The quantitative estimate of drug-likeness (QED) is 0.615. The molecule has 1 amide bonds. The number of amides is 1. The normalized spacial score (nSPS) is 14.4. The lowest BCUT2D eigenvalue weighted by atomic mass is 9.98. The summed E-state index contributed by atoms with van der Waals surface area (Å²) >= 11 is 0. The standard InChI is InChI=1S/C20H25N5O3/c1-20(2,3)28-19(26)25-10-8-15(9-11-25)14-27-18-7-5-4-6-17(18)24-23-16(12-21)13-22/h4-7,15,24H,8-11,14H2,1-3H3. The van der Waals surface area contributed by atoms with Crippen LogP contribution in [0, 0.1) is 28.6 Å². The van der Waals surface area contributed by atoms with Crippen LogP contribution in [0.2, 0.25) is 0 Å². The van der Waals surface area contributed by atoms with E-state index in [-0.39, 0.29) is 11.8 Å². The highest BCUT2D eigenvalue weighted by Crippen LogP contribution is 2.26. The maximum absolute atomic E-state index is 12.1. The van der Waals surface area contributed by atoms with Gasteiger partial charge in [-0.3, -0.25) is 5.43 Å². The Labute approximate surface area is 165 Å². The summed E-state index contributed by atoms with van der Waals surface area (Å²) in [5.74, 6) is 0.917. The number of para-hydroxylation sites is 2. The van der Waals surface area contributed by atoms with Crippen LogP contribution in [-0.2, 0) is 4.74 Å². The Morgan fingerprint density at radius 1 is 1.25 bits per heavy atom. The number of hydrazone groups is 1. The molecule has 1 aliphatic rings. The van der Waals surface area contributed by atoms with E-state index in [9.17, 15) is 4.79 Å². The van der Waals surface area contributed by atoms with E-state index in [1.165, 1.54) is 0 Å². The number of nitrogens with one attached hydrogen (secondary N) is 1. The molecule has 2 rings (SSSR count). The lowest BCUT2D eigenvalue weighted by Crippen LogP contribution is -2.42. The molecular formula is C20H25N5O3. The van der Waals surface area contributed by atoms with Crippen LogP contribution in [0.3, 0.4) is 0 Å². The molecular weight excluding hydrogens is 358 g/mol. The molecule has 0 aromatic heterocycles. The number of nitriles is 2. The van der Waals surface area contributed by atoms with E-state index in [0.29, 0.717) is 37.1 Å². The van der Waals surface area contributed by atoms with Crippen LogP contribution in [0.1, 0.15) is 33.6 Å². The second-order valence-corrected chi connectivity index (χ2v) is 7.51. The van der Waals surface area contributed by atoms with Crippen molar-refractivity contribution in [1.29, 1.82) is 10.5 Å². The number of anilines is 1. The van der Waals surface area contributed by atoms with Crippen molar-refractivity contribution in [3.63, 3.8) is 0 Å². The summed E-state index contributed by atoms with van der Waals surface area (Å²) in [4.78, 5) is 13.9. The highest BCUT2D eigenvalue weighted by Gasteiger charge is 2.27. The van der Waals surface area contributed by atoms with Crippen molar-refractivity contribution in [2.24, 2.45) is 11.0 Å². The van der Waals surface area contributed by atoms with Crippen molar-refractivity contribution in [3.8, 4) is 17.9 Å². The third-order valence-electron chi connectivity index (χ3n) is 4.13. The van der Waals surface area contributed by atoms with Gasteiger partial charge in [-0.2, -0.15) is 15.6 Å². The molecule has 0 unspecified atom stereocenters. The maximum atomic E-state index is 12.1. The number of hydrogen-bond acceptors (Lipinski definition) is 7. The number of carbonyl (C=O) groups excluding carboxylic acids is 1. The third kappa shape index (κ3) is 6.48. The Hall–Kier alpha value is -3.26. The number of nitrogens with zero attached hydrogens (tertiary/aromatic N) is 4. The summed E-state index contributed by atoms with van der Waals surface area (Å²) < 4.78 is 11.3. The molecule has 1 heterocycles. The van der Waals surface area contributed by atoms with Crippen LogP contribution < -0.4 is 10.2 Å². The van der Waals surface area contributed by atoms with Gasteiger partial charge in [-0.25, -0.2) is 4.79 Å². The molecule has 148 valence electrons. The fourth-order valence-corrected chi connectivity index (χ4v) is 2.69. The lowest BCUT2D eigenvalue weighted by molar-refractivity contribution is 0.0165. The monoisotopic (exact) mass is 383 g/mol. The van der Waals surface area contributed by atoms with E-state index < -0.39 is 5.60 Å². The second-order valence-electron chi connectivity index (χ2n) is 7.51. The Morgan fingerprint density at radius 2 is 1.89 bits per heavy atom. The number of benzene rings is 1. The van der Waals surface area contributed by atoms with E-state index >= 15 is 0 Å². The van der Waals surface area contributed by atoms with Crippen LogP contribution >= 0.6 is 0 Å². The molecule has 1 aliphatic heterocycles. The SMILES string of the molecule is CC(C)(C)OC(=O)N1CCC(COc2ccccc2NN=C(C#N)C#N)CC1. The van der Waals surface area contributed by atoms with Gasteiger partial charge in [-0.1, -0.05) is 12.1 Å². The van der Waals surface area contributed by atoms with Gasteiger partial charge in [0.2, 0.25) is 5.71 Å². The van der Waals surface area contributed by atoms with Crippen molar-refractivity contribution in [2.45, 2.75) is 39.2 Å². The average molecular weight is 383 g/mol. The molecule has 0 aliphatic carbocycles. The zero-order chi connectivity index (χ0) is 20.6. The molecule has 1 fully saturated rings. The number of likely N-dealkylation sites (tertiary alicyclic amines) is 1. The number of piperidine rings is 1. The van der Waals surface area contributed by atoms with Gasteiger partial charge in [0.15, 0.2) is 0 Å². The number of hydrogen-bond donors (Lipinski definition) is 1. The van der Waals surface area contributed by atoms with E-state index in [0.717, 1.165) is 12.8 Å². The smallest absolute Gasteiger partial charge is 0.410 e. The molecule has 8 nitrogen and oxygen atoms in total. The van der Waals surface area contributed by atoms with Crippen LogP contribution in [0.15, 0.2) is 29.4 Å². The second kappa shape index (κ2) is 9.61. The van der Waals surface area contributed by atoms with Crippen LogP contribution in [0.25, 0.3) is 0 Å². The fraction of sp³-hybridized carbons (Fsp3) is 0.500. The van der Waals surface area contributed by atoms with Gasteiger partial charge >= 0.3 is 6.09 Å². The Bertz CT molecular complexity index is 777. The Balaban J connectivity index is 1.86. The zero-order valence-electron chi connectivity index (χ0n) is 16.4. The molecule has 0 spiro atoms. The summed E-state index contributed by atoms with van der Waals surface area (Å²) in [5, 5.41) is 21.3. The minimum Gasteiger partial charge on any atom is -0.491 e. The number of rotatable bonds is 5. The summed E-state index contributed by atoms with van der Waals surface area (Å²) in [7, 11) is 0. The van der Waals surface area contributed by atoms with Gasteiger partial charge in [0, 0.05) is 13.1 Å². The summed E-state index contributed by atoms with van der Waals surface area (Å²) in [6.45, 7) is 7.36. The summed E-state index contributed by atoms with van der Waals surface area (Å²) in [5.41, 5.74) is 2.52. The van der Waals surface area contributed by atoms with Crippen molar-refractivity contribution >= 4 is 17.5 Å². The van der Waals surface area contributed by atoms with E-state index in [2.05, 4.69) is 10.5 Å². The first-order valence-electron chi connectivity index (χ1n) is 9.16. The minimum atomic E-state index is -0.493. The van der Waals surface area contributed by atoms with Gasteiger partial charge < -0.3 is 14.4 Å². The van der Waals surface area contributed by atoms with Gasteiger partial charge in [0.1, 0.15) is 23.5 Å². The predicted molar refractivity (Wildman–Crippen MR) is 105 cm³/mol. The first-order chi connectivity index (χ1) is 13.3. The Morgan fingerprint density at radius 3 is 2.50 bits per heavy atom. The number of ether oxygens (including phenoxy) is 2. The predicted octanol–water partition coefficient (Wildman–Crippen LogP) is 3.53. The van der Waals surface area contributed by atoms with Crippen molar-refractivity contribution in [3.05, 3.63) is 24.3 Å². The molecule has 0 saturated carbocycles. The molecule has 0 bridgehead atoms. The molecule has 1 aromatic carbocycles. The highest BCUT2D eigenvalue weighted by atomic mass is 16.6. The number of carbonyl (C=O) groups is 1. The molecule has 0 atom stereocenters. The van der Waals surface area contributed by atoms with Crippen molar-refractivity contribution < 1.29 is 14.3 Å². The summed E-state index contributed by atoms with van der Waals surface area (Å²) in [6.07, 6.45) is 1.39. The molecule has 1 aromatic rings. The first kappa shape index (κ1) is 21.0. The highest BCUT2D eigenvalue weighted by molar-refractivity contribution is 6.10. The molecule has 0 radical (unpaired) electrons.